The van der Waals surface area contributed by atoms with Crippen LogP contribution in [0.2, 0.25) is 0 Å². The molecule has 0 saturated heterocycles. The molecule has 106 valence electrons. The highest BCUT2D eigenvalue weighted by molar-refractivity contribution is 5.60. The second-order valence-electron chi connectivity index (χ2n) is 4.01. The van der Waals surface area contributed by atoms with Crippen molar-refractivity contribution in [2.45, 2.75) is 12.4 Å². The van der Waals surface area contributed by atoms with Gasteiger partial charge in [-0.3, -0.25) is 4.98 Å². The van der Waals surface area contributed by atoms with Gasteiger partial charge >= 0.3 is 12.4 Å². The van der Waals surface area contributed by atoms with E-state index in [0.717, 1.165) is 24.3 Å². The van der Waals surface area contributed by atoms with Gasteiger partial charge in [0, 0.05) is 11.8 Å². The maximum atomic E-state index is 12.5. The number of hydrogen-bond donors (Lipinski definition) is 0. The molecule has 0 atom stereocenters. The summed E-state index contributed by atoms with van der Waals surface area (Å²) in [5, 5.41) is 0. The molecule has 0 aliphatic carbocycles. The second-order valence-corrected chi connectivity index (χ2v) is 4.01. The van der Waals surface area contributed by atoms with Gasteiger partial charge in [0.05, 0.1) is 16.8 Å². The summed E-state index contributed by atoms with van der Waals surface area (Å²) in [6.07, 6.45) is -8.45. The van der Waals surface area contributed by atoms with Crippen molar-refractivity contribution < 1.29 is 26.3 Å². The number of halogens is 6. The third kappa shape index (κ3) is 3.09. The highest BCUT2D eigenvalue weighted by atomic mass is 19.4. The van der Waals surface area contributed by atoms with Crippen molar-refractivity contribution in [3.05, 3.63) is 53.7 Å². The lowest BCUT2D eigenvalue weighted by molar-refractivity contribution is -0.138. The smallest absolute Gasteiger partial charge is 0.256 e. The largest absolute Gasteiger partial charge is 0.417 e. The highest BCUT2D eigenvalue weighted by Crippen LogP contribution is 2.33. The Balaban J connectivity index is 2.38. The van der Waals surface area contributed by atoms with Crippen LogP contribution in [0.3, 0.4) is 0 Å². The molecule has 1 heterocycles. The Kier molecular flexibility index (Phi) is 3.45. The second kappa shape index (κ2) is 4.81. The summed E-state index contributed by atoms with van der Waals surface area (Å²) in [6, 6.07) is 6.08. The summed E-state index contributed by atoms with van der Waals surface area (Å²) in [6.45, 7) is 0. The number of alkyl halides is 6. The van der Waals surface area contributed by atoms with Crippen LogP contribution in [0.5, 0.6) is 0 Å². The molecule has 0 fully saturated rings. The minimum Gasteiger partial charge on any atom is -0.256 e. The SMILES string of the molecule is FC(F)(F)c1ccc(-c2cccc(C(F)(F)F)c2)nc1. The van der Waals surface area contributed by atoms with E-state index in [1.807, 2.05) is 0 Å². The minimum atomic E-state index is -4.53. The molecule has 1 aromatic heterocycles. The minimum absolute atomic E-state index is 0.0455. The van der Waals surface area contributed by atoms with Crippen molar-refractivity contribution in [1.82, 2.24) is 4.98 Å². The van der Waals surface area contributed by atoms with Crippen LogP contribution in [0.25, 0.3) is 11.3 Å². The Hall–Kier alpha value is -2.05. The maximum Gasteiger partial charge on any atom is 0.417 e. The summed E-state index contributed by atoms with van der Waals surface area (Å²) in [5.41, 5.74) is -1.68. The Morgan fingerprint density at radius 3 is 1.90 bits per heavy atom. The fraction of sp³-hybridized carbons (Fsp3) is 0.154. The molecule has 0 bridgehead atoms. The molecule has 0 radical (unpaired) electrons. The number of hydrogen-bond acceptors (Lipinski definition) is 1. The van der Waals surface area contributed by atoms with Crippen LogP contribution in [0.4, 0.5) is 26.3 Å². The monoisotopic (exact) mass is 291 g/mol. The molecule has 0 aliphatic heterocycles. The van der Waals surface area contributed by atoms with E-state index >= 15 is 0 Å². The van der Waals surface area contributed by atoms with Gasteiger partial charge in [0.1, 0.15) is 0 Å². The van der Waals surface area contributed by atoms with E-state index in [1.165, 1.54) is 12.1 Å². The van der Waals surface area contributed by atoms with Crippen molar-refractivity contribution in [1.29, 1.82) is 0 Å². The lowest BCUT2D eigenvalue weighted by atomic mass is 10.1. The molecule has 0 N–H and O–H groups in total. The molecular weight excluding hydrogens is 284 g/mol. The molecule has 0 amide bonds. The molecule has 0 saturated carbocycles. The van der Waals surface area contributed by atoms with Gasteiger partial charge in [-0.25, -0.2) is 0 Å². The van der Waals surface area contributed by atoms with Crippen molar-refractivity contribution in [2.24, 2.45) is 0 Å². The van der Waals surface area contributed by atoms with Gasteiger partial charge < -0.3 is 0 Å². The average Bonchev–Trinajstić information content (AvgIpc) is 2.37. The quantitative estimate of drug-likeness (QED) is 0.689. The molecule has 2 rings (SSSR count). The number of benzene rings is 1. The van der Waals surface area contributed by atoms with Crippen LogP contribution >= 0.6 is 0 Å². The molecule has 20 heavy (non-hydrogen) atoms. The molecule has 0 aliphatic rings. The Labute approximate surface area is 109 Å². The van der Waals surface area contributed by atoms with Crippen LogP contribution < -0.4 is 0 Å². The molecule has 1 nitrogen and oxygen atoms in total. The van der Waals surface area contributed by atoms with Crippen LogP contribution in [-0.4, -0.2) is 4.98 Å². The third-order valence-electron chi connectivity index (χ3n) is 2.58. The topological polar surface area (TPSA) is 12.9 Å². The van der Waals surface area contributed by atoms with Crippen LogP contribution in [0.1, 0.15) is 11.1 Å². The first kappa shape index (κ1) is 14.4. The Bertz CT molecular complexity index is 597. The van der Waals surface area contributed by atoms with E-state index in [-0.39, 0.29) is 11.3 Å². The average molecular weight is 291 g/mol. The Morgan fingerprint density at radius 1 is 0.750 bits per heavy atom. The van der Waals surface area contributed by atoms with Gasteiger partial charge in [-0.05, 0) is 24.3 Å². The van der Waals surface area contributed by atoms with Crippen LogP contribution in [0.15, 0.2) is 42.6 Å². The molecule has 0 spiro atoms. The molecule has 0 unspecified atom stereocenters. The first-order chi connectivity index (χ1) is 9.18. The summed E-state index contributed by atoms with van der Waals surface area (Å²) < 4.78 is 74.7. The summed E-state index contributed by atoms with van der Waals surface area (Å²) in [7, 11) is 0. The number of pyridine rings is 1. The van der Waals surface area contributed by atoms with E-state index in [9.17, 15) is 26.3 Å². The molecule has 2 aromatic rings. The standard InChI is InChI=1S/C13H7F6N/c14-12(15,16)9-3-1-2-8(6-9)11-5-4-10(7-20-11)13(17,18)19/h1-7H. The van der Waals surface area contributed by atoms with E-state index in [2.05, 4.69) is 4.98 Å². The number of aromatic nitrogens is 1. The highest BCUT2D eigenvalue weighted by Gasteiger charge is 2.32. The van der Waals surface area contributed by atoms with E-state index in [1.54, 1.807) is 0 Å². The first-order valence-electron chi connectivity index (χ1n) is 5.39. The predicted octanol–water partition coefficient (Wildman–Crippen LogP) is 4.79. The van der Waals surface area contributed by atoms with E-state index in [4.69, 9.17) is 0 Å². The Morgan fingerprint density at radius 2 is 1.40 bits per heavy atom. The summed E-state index contributed by atoms with van der Waals surface area (Å²) in [4.78, 5) is 3.55. The van der Waals surface area contributed by atoms with Gasteiger partial charge in [0.15, 0.2) is 0 Å². The maximum absolute atomic E-state index is 12.5. The van der Waals surface area contributed by atoms with E-state index in [0.29, 0.717) is 6.20 Å². The molecule has 1 aromatic carbocycles. The van der Waals surface area contributed by atoms with Gasteiger partial charge in [0.25, 0.3) is 0 Å². The van der Waals surface area contributed by atoms with Gasteiger partial charge in [0.2, 0.25) is 0 Å². The van der Waals surface area contributed by atoms with Crippen molar-refractivity contribution in [2.75, 3.05) is 0 Å². The van der Waals surface area contributed by atoms with Gasteiger partial charge in [-0.1, -0.05) is 12.1 Å². The lowest BCUT2D eigenvalue weighted by Gasteiger charge is -2.09. The summed E-state index contributed by atoms with van der Waals surface area (Å²) >= 11 is 0. The first-order valence-corrected chi connectivity index (χ1v) is 5.39. The zero-order valence-corrected chi connectivity index (χ0v) is 9.76. The fourth-order valence-electron chi connectivity index (χ4n) is 1.59. The van der Waals surface area contributed by atoms with Crippen molar-refractivity contribution in [3.63, 3.8) is 0 Å². The van der Waals surface area contributed by atoms with Crippen LogP contribution in [0, 0.1) is 0 Å². The fourth-order valence-corrected chi connectivity index (χ4v) is 1.59. The lowest BCUT2D eigenvalue weighted by Crippen LogP contribution is -2.06. The normalized spacial score (nSPS) is 12.5. The van der Waals surface area contributed by atoms with Crippen molar-refractivity contribution in [3.8, 4) is 11.3 Å². The van der Waals surface area contributed by atoms with Gasteiger partial charge in [-0.15, -0.1) is 0 Å². The zero-order chi connectivity index (χ0) is 15.0. The van der Waals surface area contributed by atoms with Crippen LogP contribution in [-0.2, 0) is 12.4 Å². The predicted molar refractivity (Wildman–Crippen MR) is 59.7 cm³/mol. The number of rotatable bonds is 1. The summed E-state index contributed by atoms with van der Waals surface area (Å²) in [5.74, 6) is 0. The van der Waals surface area contributed by atoms with Gasteiger partial charge in [-0.2, -0.15) is 26.3 Å². The zero-order valence-electron chi connectivity index (χ0n) is 9.76. The van der Waals surface area contributed by atoms with Crippen molar-refractivity contribution >= 4 is 0 Å². The third-order valence-corrected chi connectivity index (χ3v) is 2.58. The molecular formula is C13H7F6N. The number of nitrogens with zero attached hydrogens (tertiary/aromatic N) is 1. The molecule has 7 heteroatoms. The van der Waals surface area contributed by atoms with E-state index < -0.39 is 23.5 Å².